The van der Waals surface area contributed by atoms with E-state index in [4.69, 9.17) is 5.73 Å². The second-order valence-corrected chi connectivity index (χ2v) is 7.32. The second-order valence-electron chi connectivity index (χ2n) is 4.46. The summed E-state index contributed by atoms with van der Waals surface area (Å²) in [7, 11) is -3.52. The molecule has 0 aliphatic rings. The third-order valence-electron chi connectivity index (χ3n) is 3.00. The molecule has 0 unspecified atom stereocenters. The first-order valence-corrected chi connectivity index (χ1v) is 8.68. The molecule has 2 rings (SSSR count). The smallest absolute Gasteiger partial charge is 0.265 e. The molecule has 0 aliphatic heterocycles. The predicted octanol–water partition coefficient (Wildman–Crippen LogP) is 2.73. The van der Waals surface area contributed by atoms with Gasteiger partial charge in [-0.05, 0) is 37.6 Å². The summed E-state index contributed by atoms with van der Waals surface area (Å²) in [5.41, 5.74) is 7.27. The maximum absolute atomic E-state index is 12.7. The molecular formula is C14H18N2O2S2. The third-order valence-corrected chi connectivity index (χ3v) is 5.98. The maximum Gasteiger partial charge on any atom is 0.265 e. The molecule has 0 saturated carbocycles. The first kappa shape index (κ1) is 15.0. The van der Waals surface area contributed by atoms with Crippen molar-refractivity contribution >= 4 is 27.0 Å². The average Bonchev–Trinajstić information content (AvgIpc) is 2.89. The summed E-state index contributed by atoms with van der Waals surface area (Å²) >= 11 is 1.37. The van der Waals surface area contributed by atoms with E-state index in [1.165, 1.54) is 15.6 Å². The maximum atomic E-state index is 12.7. The van der Waals surface area contributed by atoms with Crippen molar-refractivity contribution in [2.24, 2.45) is 5.73 Å². The Kier molecular flexibility index (Phi) is 4.47. The van der Waals surface area contributed by atoms with Crippen molar-refractivity contribution in [3.63, 3.8) is 0 Å². The molecule has 20 heavy (non-hydrogen) atoms. The highest BCUT2D eigenvalue weighted by atomic mass is 32.2. The Morgan fingerprint density at radius 2 is 2.05 bits per heavy atom. The quantitative estimate of drug-likeness (QED) is 0.923. The van der Waals surface area contributed by atoms with Gasteiger partial charge in [0.05, 0.1) is 10.6 Å². The van der Waals surface area contributed by atoms with Gasteiger partial charge < -0.3 is 5.73 Å². The zero-order valence-corrected chi connectivity index (χ0v) is 13.2. The molecule has 2 aromatic rings. The van der Waals surface area contributed by atoms with Crippen molar-refractivity contribution in [3.05, 3.63) is 46.2 Å². The number of nitrogens with zero attached hydrogens (tertiary/aromatic N) is 1. The lowest BCUT2D eigenvalue weighted by atomic mass is 10.2. The largest absolute Gasteiger partial charge is 0.326 e. The molecule has 0 spiro atoms. The van der Waals surface area contributed by atoms with Gasteiger partial charge in [0.1, 0.15) is 0 Å². The lowest BCUT2D eigenvalue weighted by Crippen LogP contribution is -2.30. The van der Waals surface area contributed by atoms with E-state index in [0.29, 0.717) is 23.7 Å². The molecule has 0 radical (unpaired) electrons. The lowest BCUT2D eigenvalue weighted by Gasteiger charge is -2.22. The molecule has 1 aromatic carbocycles. The number of hydrogen-bond acceptors (Lipinski definition) is 4. The Labute approximate surface area is 123 Å². The molecule has 2 N–H and O–H groups in total. The van der Waals surface area contributed by atoms with Crippen LogP contribution < -0.4 is 10.0 Å². The van der Waals surface area contributed by atoms with Gasteiger partial charge in [-0.25, -0.2) is 8.42 Å². The van der Waals surface area contributed by atoms with Gasteiger partial charge in [0.15, 0.2) is 0 Å². The van der Waals surface area contributed by atoms with Crippen LogP contribution in [0.2, 0.25) is 0 Å². The molecule has 0 bridgehead atoms. The van der Waals surface area contributed by atoms with Crippen molar-refractivity contribution in [1.29, 1.82) is 0 Å². The first-order valence-electron chi connectivity index (χ1n) is 6.36. The Balaban J connectivity index is 2.44. The minimum atomic E-state index is -3.52. The Bertz CT molecular complexity index is 693. The standard InChI is InChI=1S/C14H18N2O2S2/c1-3-16(12-6-4-5-11(2)7-12)20(17,18)14-8-13(9-15)19-10-14/h4-8,10H,3,9,15H2,1-2H3. The fraction of sp³-hybridized carbons (Fsp3) is 0.286. The van der Waals surface area contributed by atoms with Gasteiger partial charge in [-0.1, -0.05) is 12.1 Å². The van der Waals surface area contributed by atoms with Crippen molar-refractivity contribution in [2.45, 2.75) is 25.3 Å². The van der Waals surface area contributed by atoms with Crippen LogP contribution in [-0.2, 0) is 16.6 Å². The molecular weight excluding hydrogens is 292 g/mol. The van der Waals surface area contributed by atoms with E-state index in [1.54, 1.807) is 11.4 Å². The molecule has 1 heterocycles. The Hall–Kier alpha value is -1.37. The number of thiophene rings is 1. The normalized spacial score (nSPS) is 11.6. The zero-order chi connectivity index (χ0) is 14.8. The molecule has 0 fully saturated rings. The number of anilines is 1. The van der Waals surface area contributed by atoms with Crippen LogP contribution in [0.5, 0.6) is 0 Å². The van der Waals surface area contributed by atoms with E-state index >= 15 is 0 Å². The van der Waals surface area contributed by atoms with Crippen molar-refractivity contribution in [3.8, 4) is 0 Å². The van der Waals surface area contributed by atoms with E-state index in [0.717, 1.165) is 10.4 Å². The molecule has 4 nitrogen and oxygen atoms in total. The highest BCUT2D eigenvalue weighted by Gasteiger charge is 2.24. The van der Waals surface area contributed by atoms with Crippen molar-refractivity contribution in [2.75, 3.05) is 10.8 Å². The van der Waals surface area contributed by atoms with E-state index < -0.39 is 10.0 Å². The summed E-state index contributed by atoms with van der Waals surface area (Å²) in [4.78, 5) is 1.18. The molecule has 108 valence electrons. The minimum absolute atomic E-state index is 0.311. The van der Waals surface area contributed by atoms with Crippen LogP contribution in [-0.4, -0.2) is 15.0 Å². The minimum Gasteiger partial charge on any atom is -0.326 e. The van der Waals surface area contributed by atoms with E-state index in [2.05, 4.69) is 0 Å². The Morgan fingerprint density at radius 1 is 1.30 bits per heavy atom. The fourth-order valence-electron chi connectivity index (χ4n) is 2.00. The van der Waals surface area contributed by atoms with Gasteiger partial charge in [-0.2, -0.15) is 0 Å². The van der Waals surface area contributed by atoms with Crippen LogP contribution in [0.4, 0.5) is 5.69 Å². The number of nitrogens with two attached hydrogens (primary N) is 1. The number of hydrogen-bond donors (Lipinski definition) is 1. The molecule has 1 aromatic heterocycles. The third kappa shape index (κ3) is 2.87. The summed E-state index contributed by atoms with van der Waals surface area (Å²) in [6.45, 7) is 4.52. The summed E-state index contributed by atoms with van der Waals surface area (Å²) in [6, 6.07) is 9.14. The van der Waals surface area contributed by atoms with Crippen LogP contribution in [0.25, 0.3) is 0 Å². The number of benzene rings is 1. The van der Waals surface area contributed by atoms with E-state index in [1.807, 2.05) is 38.1 Å². The van der Waals surface area contributed by atoms with Gasteiger partial charge in [0, 0.05) is 23.3 Å². The molecule has 0 amide bonds. The van der Waals surface area contributed by atoms with Crippen molar-refractivity contribution < 1.29 is 8.42 Å². The molecule has 6 heteroatoms. The lowest BCUT2D eigenvalue weighted by molar-refractivity contribution is 0.592. The first-order chi connectivity index (χ1) is 9.48. The number of aryl methyl sites for hydroxylation is 1. The highest BCUT2D eigenvalue weighted by Crippen LogP contribution is 2.27. The highest BCUT2D eigenvalue weighted by molar-refractivity contribution is 7.93. The van der Waals surface area contributed by atoms with Crippen LogP contribution in [0.15, 0.2) is 40.6 Å². The van der Waals surface area contributed by atoms with Crippen LogP contribution in [0, 0.1) is 6.92 Å². The van der Waals surface area contributed by atoms with Crippen LogP contribution in [0.3, 0.4) is 0 Å². The molecule has 0 aliphatic carbocycles. The van der Waals surface area contributed by atoms with Gasteiger partial charge in [0.25, 0.3) is 10.0 Å². The van der Waals surface area contributed by atoms with Gasteiger partial charge in [-0.15, -0.1) is 11.3 Å². The topological polar surface area (TPSA) is 63.4 Å². The molecule has 0 atom stereocenters. The Morgan fingerprint density at radius 3 is 2.60 bits per heavy atom. The second kappa shape index (κ2) is 5.95. The van der Waals surface area contributed by atoms with Crippen LogP contribution in [0.1, 0.15) is 17.4 Å². The number of sulfonamides is 1. The zero-order valence-electron chi connectivity index (χ0n) is 11.5. The average molecular weight is 310 g/mol. The number of rotatable bonds is 5. The monoisotopic (exact) mass is 310 g/mol. The summed E-state index contributed by atoms with van der Waals surface area (Å²) in [5.74, 6) is 0. The molecule has 0 saturated heterocycles. The van der Waals surface area contributed by atoms with Gasteiger partial charge >= 0.3 is 0 Å². The van der Waals surface area contributed by atoms with Gasteiger partial charge in [-0.3, -0.25) is 4.31 Å². The van der Waals surface area contributed by atoms with Crippen molar-refractivity contribution in [1.82, 2.24) is 0 Å². The van der Waals surface area contributed by atoms with E-state index in [9.17, 15) is 8.42 Å². The fourth-order valence-corrected chi connectivity index (χ4v) is 4.61. The van der Waals surface area contributed by atoms with Crippen LogP contribution >= 0.6 is 11.3 Å². The summed E-state index contributed by atoms with van der Waals surface area (Å²) in [6.07, 6.45) is 0. The summed E-state index contributed by atoms with van der Waals surface area (Å²) < 4.78 is 26.8. The predicted molar refractivity (Wildman–Crippen MR) is 83.6 cm³/mol. The van der Waals surface area contributed by atoms with E-state index in [-0.39, 0.29) is 0 Å². The van der Waals surface area contributed by atoms with Gasteiger partial charge in [0.2, 0.25) is 0 Å². The summed E-state index contributed by atoms with van der Waals surface area (Å²) in [5, 5.41) is 1.65. The SMILES string of the molecule is CCN(c1cccc(C)c1)S(=O)(=O)c1csc(CN)c1.